The highest BCUT2D eigenvalue weighted by Gasteiger charge is 2.40. The number of hydrogen-bond donors (Lipinski definition) is 1. The number of sulfonamides is 1. The van der Waals surface area contributed by atoms with Gasteiger partial charge in [-0.25, -0.2) is 8.42 Å². The van der Waals surface area contributed by atoms with Gasteiger partial charge in [-0.05, 0) is 36.4 Å². The Bertz CT molecular complexity index is 1030. The zero-order chi connectivity index (χ0) is 18.1. The first-order valence-corrected chi connectivity index (χ1v) is 11.2. The summed E-state index contributed by atoms with van der Waals surface area (Å²) in [6.07, 6.45) is 1.17. The van der Waals surface area contributed by atoms with Crippen LogP contribution >= 0.6 is 23.1 Å². The molecule has 4 rings (SSSR count). The van der Waals surface area contributed by atoms with Crippen molar-refractivity contribution in [3.63, 3.8) is 0 Å². The van der Waals surface area contributed by atoms with Crippen LogP contribution in [0, 0.1) is 0 Å². The molecular formula is C16H16N4O3S3. The Morgan fingerprint density at radius 2 is 2.15 bits per heavy atom. The van der Waals surface area contributed by atoms with Crippen molar-refractivity contribution in [3.05, 3.63) is 40.6 Å². The Balaban J connectivity index is 1.59. The van der Waals surface area contributed by atoms with Crippen LogP contribution in [0.25, 0.3) is 11.0 Å². The van der Waals surface area contributed by atoms with Crippen LogP contribution in [0.1, 0.15) is 17.7 Å². The summed E-state index contributed by atoms with van der Waals surface area (Å²) in [4.78, 5) is 13.7. The van der Waals surface area contributed by atoms with Crippen LogP contribution < -0.4 is 5.32 Å². The molecule has 1 aliphatic rings. The summed E-state index contributed by atoms with van der Waals surface area (Å²) in [6, 6.07) is 8.07. The number of aromatic nitrogens is 2. The Hall–Kier alpha value is -1.88. The molecule has 1 N–H and O–H groups in total. The molecule has 1 atom stereocenters. The van der Waals surface area contributed by atoms with Gasteiger partial charge < -0.3 is 5.32 Å². The molecule has 26 heavy (non-hydrogen) atoms. The minimum Gasteiger partial charge on any atom is -0.350 e. The van der Waals surface area contributed by atoms with E-state index in [0.717, 1.165) is 16.6 Å². The first-order chi connectivity index (χ1) is 12.6. The van der Waals surface area contributed by atoms with Gasteiger partial charge in [0.15, 0.2) is 0 Å². The summed E-state index contributed by atoms with van der Waals surface area (Å²) in [7, 11) is -3.82. The highest BCUT2D eigenvalue weighted by atomic mass is 32.2. The number of fused-ring (bicyclic) bond motifs is 1. The van der Waals surface area contributed by atoms with E-state index in [9.17, 15) is 13.2 Å². The second-order valence-electron chi connectivity index (χ2n) is 5.96. The molecule has 0 radical (unpaired) electrons. The van der Waals surface area contributed by atoms with E-state index >= 15 is 0 Å². The fraction of sp³-hybridized carbons (Fsp3) is 0.312. The average molecular weight is 409 g/mol. The highest BCUT2D eigenvalue weighted by Crippen LogP contribution is 2.30. The number of rotatable bonds is 5. The third-order valence-electron chi connectivity index (χ3n) is 4.36. The van der Waals surface area contributed by atoms with E-state index in [2.05, 4.69) is 14.1 Å². The number of benzene rings is 1. The fourth-order valence-corrected chi connectivity index (χ4v) is 6.17. The topological polar surface area (TPSA) is 92.3 Å². The summed E-state index contributed by atoms with van der Waals surface area (Å²) in [5.74, 6) is -0.261. The molecule has 0 bridgehead atoms. The summed E-state index contributed by atoms with van der Waals surface area (Å²) in [5.41, 5.74) is 0.913. The van der Waals surface area contributed by atoms with E-state index < -0.39 is 16.1 Å². The molecule has 2 aromatic heterocycles. The molecule has 136 valence electrons. The van der Waals surface area contributed by atoms with Crippen molar-refractivity contribution >= 4 is 50.0 Å². The average Bonchev–Trinajstić information content (AvgIpc) is 3.40. The first kappa shape index (κ1) is 17.5. The quantitative estimate of drug-likeness (QED) is 0.699. The second kappa shape index (κ2) is 7.03. The maximum atomic E-state index is 13.2. The highest BCUT2D eigenvalue weighted by molar-refractivity contribution is 7.89. The maximum absolute atomic E-state index is 13.2. The van der Waals surface area contributed by atoms with Gasteiger partial charge in [0.1, 0.15) is 22.0 Å². The van der Waals surface area contributed by atoms with Crippen LogP contribution in [0.3, 0.4) is 0 Å². The van der Waals surface area contributed by atoms with Crippen molar-refractivity contribution in [3.8, 4) is 0 Å². The molecule has 1 amide bonds. The zero-order valence-electron chi connectivity index (χ0n) is 13.7. The van der Waals surface area contributed by atoms with Crippen molar-refractivity contribution in [1.29, 1.82) is 0 Å². The lowest BCUT2D eigenvalue weighted by molar-refractivity contribution is -0.124. The lowest BCUT2D eigenvalue weighted by Gasteiger charge is -2.23. The lowest BCUT2D eigenvalue weighted by atomic mass is 10.2. The van der Waals surface area contributed by atoms with E-state index in [4.69, 9.17) is 0 Å². The van der Waals surface area contributed by atoms with Gasteiger partial charge in [-0.2, -0.15) is 13.1 Å². The Morgan fingerprint density at radius 1 is 1.27 bits per heavy atom. The fourth-order valence-electron chi connectivity index (χ4n) is 3.11. The molecule has 1 saturated heterocycles. The van der Waals surface area contributed by atoms with Crippen molar-refractivity contribution in [2.75, 3.05) is 6.54 Å². The molecule has 0 aliphatic carbocycles. The minimum atomic E-state index is -3.82. The third-order valence-corrected chi connectivity index (χ3v) is 7.72. The van der Waals surface area contributed by atoms with Crippen LogP contribution in [0.15, 0.2) is 40.6 Å². The maximum Gasteiger partial charge on any atom is 0.246 e. The summed E-state index contributed by atoms with van der Waals surface area (Å²) < 4.78 is 35.9. The Labute approximate surface area is 159 Å². The summed E-state index contributed by atoms with van der Waals surface area (Å²) >= 11 is 2.53. The summed E-state index contributed by atoms with van der Waals surface area (Å²) in [5, 5.41) is 4.79. The predicted molar refractivity (Wildman–Crippen MR) is 100 cm³/mol. The largest absolute Gasteiger partial charge is 0.350 e. The third kappa shape index (κ3) is 3.13. The molecular weight excluding hydrogens is 392 g/mol. The van der Waals surface area contributed by atoms with Gasteiger partial charge in [0.2, 0.25) is 15.9 Å². The number of hydrogen-bond acceptors (Lipinski definition) is 7. The van der Waals surface area contributed by atoms with E-state index in [0.29, 0.717) is 37.0 Å². The molecule has 1 fully saturated rings. The smallest absolute Gasteiger partial charge is 0.246 e. The minimum absolute atomic E-state index is 0.113. The molecule has 3 heterocycles. The van der Waals surface area contributed by atoms with Crippen LogP contribution in [-0.2, 0) is 21.4 Å². The number of amides is 1. The molecule has 10 heteroatoms. The van der Waals surface area contributed by atoms with Crippen LogP contribution in [0.4, 0.5) is 0 Å². The number of nitrogens with zero attached hydrogens (tertiary/aromatic N) is 3. The second-order valence-corrected chi connectivity index (χ2v) is 9.38. The molecule has 7 nitrogen and oxygen atoms in total. The number of carbonyl (C=O) groups excluding carboxylic acids is 1. The predicted octanol–water partition coefficient (Wildman–Crippen LogP) is 2.22. The van der Waals surface area contributed by atoms with E-state index in [-0.39, 0.29) is 10.8 Å². The summed E-state index contributed by atoms with van der Waals surface area (Å²) in [6.45, 7) is 0.736. The molecule has 1 aromatic carbocycles. The van der Waals surface area contributed by atoms with E-state index in [1.54, 1.807) is 23.5 Å². The van der Waals surface area contributed by atoms with E-state index in [1.165, 1.54) is 10.4 Å². The van der Waals surface area contributed by atoms with Crippen LogP contribution in [-0.4, -0.2) is 40.0 Å². The van der Waals surface area contributed by atoms with Gasteiger partial charge in [-0.15, -0.1) is 11.3 Å². The van der Waals surface area contributed by atoms with Crippen molar-refractivity contribution in [1.82, 2.24) is 18.4 Å². The van der Waals surface area contributed by atoms with Crippen molar-refractivity contribution in [2.24, 2.45) is 0 Å². The molecule has 3 aromatic rings. The first-order valence-electron chi connectivity index (χ1n) is 8.10. The molecule has 0 saturated carbocycles. The Morgan fingerprint density at radius 3 is 2.96 bits per heavy atom. The number of thiophene rings is 1. The van der Waals surface area contributed by atoms with Crippen molar-refractivity contribution < 1.29 is 13.2 Å². The normalized spacial score (nSPS) is 18.4. The van der Waals surface area contributed by atoms with Gasteiger partial charge in [-0.1, -0.05) is 12.1 Å². The monoisotopic (exact) mass is 408 g/mol. The van der Waals surface area contributed by atoms with Gasteiger partial charge in [0.05, 0.1) is 18.3 Å². The lowest BCUT2D eigenvalue weighted by Crippen LogP contribution is -2.45. The van der Waals surface area contributed by atoms with Crippen LogP contribution in [0.5, 0.6) is 0 Å². The standard InChI is InChI=1S/C16H16N4O3S3/c21-16(17-10-11-4-3-9-24-11)13-6-2-8-20(13)26(22,23)14-7-1-5-12-15(14)19-25-18-12/h1,3-5,7,9,13H,2,6,8,10H2,(H,17,21). The van der Waals surface area contributed by atoms with Gasteiger partial charge in [-0.3, -0.25) is 4.79 Å². The Kier molecular flexibility index (Phi) is 4.74. The van der Waals surface area contributed by atoms with E-state index in [1.807, 2.05) is 17.5 Å². The van der Waals surface area contributed by atoms with Crippen LogP contribution in [0.2, 0.25) is 0 Å². The van der Waals surface area contributed by atoms with Gasteiger partial charge >= 0.3 is 0 Å². The molecule has 1 aliphatic heterocycles. The van der Waals surface area contributed by atoms with Gasteiger partial charge in [0.25, 0.3) is 0 Å². The SMILES string of the molecule is O=C(NCc1cccs1)C1CCCN1S(=O)(=O)c1cccc2nsnc12. The molecule has 0 spiro atoms. The molecule has 1 unspecified atom stereocenters. The van der Waals surface area contributed by atoms with Crippen molar-refractivity contribution in [2.45, 2.75) is 30.3 Å². The zero-order valence-corrected chi connectivity index (χ0v) is 16.1. The number of nitrogens with one attached hydrogen (secondary N) is 1. The number of carbonyl (C=O) groups is 1. The van der Waals surface area contributed by atoms with Gasteiger partial charge in [0, 0.05) is 11.4 Å².